The molecule has 0 aliphatic rings. The third-order valence-corrected chi connectivity index (χ3v) is 2.79. The second-order valence-electron chi connectivity index (χ2n) is 4.23. The quantitative estimate of drug-likeness (QED) is 0.727. The number of carbonyl (C=O) groups is 3. The summed E-state index contributed by atoms with van der Waals surface area (Å²) in [5, 5.41) is 14.0. The van der Waals surface area contributed by atoms with Gasteiger partial charge in [0.15, 0.2) is 0 Å². The number of carboxylic acids is 1. The number of hydrogen-bond donors (Lipinski definition) is 3. The first-order chi connectivity index (χ1) is 9.40. The highest BCUT2D eigenvalue weighted by atomic mass is 35.5. The molecule has 6 nitrogen and oxygen atoms in total. The van der Waals surface area contributed by atoms with Gasteiger partial charge >= 0.3 is 5.97 Å². The average Bonchev–Trinajstić information content (AvgIpc) is 2.42. The zero-order valence-electron chi connectivity index (χ0n) is 10.9. The highest BCUT2D eigenvalue weighted by molar-refractivity contribution is 6.30. The summed E-state index contributed by atoms with van der Waals surface area (Å²) in [4.78, 5) is 33.7. The van der Waals surface area contributed by atoms with Crippen molar-refractivity contribution in [1.29, 1.82) is 0 Å². The lowest BCUT2D eigenvalue weighted by Gasteiger charge is -2.09. The third kappa shape index (κ3) is 5.27. The minimum atomic E-state index is -0.990. The fourth-order valence-electron chi connectivity index (χ4n) is 1.28. The second-order valence-corrected chi connectivity index (χ2v) is 4.67. The molecule has 108 valence electrons. The Labute approximate surface area is 121 Å². The van der Waals surface area contributed by atoms with Gasteiger partial charge in [-0.15, -0.1) is 0 Å². The van der Waals surface area contributed by atoms with Gasteiger partial charge in [0.25, 0.3) is 5.91 Å². The van der Waals surface area contributed by atoms with Crippen molar-refractivity contribution >= 4 is 29.4 Å². The van der Waals surface area contributed by atoms with Crippen LogP contribution in [0.5, 0.6) is 0 Å². The standard InChI is InChI=1S/C13H15ClN2O4/c1-8(13(19)20)6-15-11(17)7-16-12(18)9-2-4-10(14)5-3-9/h2-5,8H,6-7H2,1H3,(H,15,17)(H,16,18)(H,19,20). The number of nitrogens with one attached hydrogen (secondary N) is 2. The van der Waals surface area contributed by atoms with Crippen molar-refractivity contribution in [3.63, 3.8) is 0 Å². The first kappa shape index (κ1) is 16.0. The largest absolute Gasteiger partial charge is 0.481 e. The summed E-state index contributed by atoms with van der Waals surface area (Å²) >= 11 is 5.70. The lowest BCUT2D eigenvalue weighted by atomic mass is 10.2. The molecule has 0 aliphatic heterocycles. The van der Waals surface area contributed by atoms with Crippen LogP contribution in [0.15, 0.2) is 24.3 Å². The van der Waals surface area contributed by atoms with E-state index in [-0.39, 0.29) is 13.1 Å². The molecule has 2 amide bonds. The van der Waals surface area contributed by atoms with Crippen molar-refractivity contribution in [2.75, 3.05) is 13.1 Å². The van der Waals surface area contributed by atoms with Crippen LogP contribution in [0, 0.1) is 5.92 Å². The van der Waals surface area contributed by atoms with Gasteiger partial charge in [-0.2, -0.15) is 0 Å². The number of rotatable bonds is 6. The highest BCUT2D eigenvalue weighted by Gasteiger charge is 2.13. The average molecular weight is 299 g/mol. The van der Waals surface area contributed by atoms with Gasteiger partial charge < -0.3 is 15.7 Å². The summed E-state index contributed by atoms with van der Waals surface area (Å²) in [7, 11) is 0. The number of carbonyl (C=O) groups excluding carboxylic acids is 2. The predicted octanol–water partition coefficient (Wildman–Crippen LogP) is 0.907. The molecular weight excluding hydrogens is 284 g/mol. The Balaban J connectivity index is 2.35. The Morgan fingerprint density at radius 1 is 1.20 bits per heavy atom. The van der Waals surface area contributed by atoms with Gasteiger partial charge in [0.2, 0.25) is 5.91 Å². The topological polar surface area (TPSA) is 95.5 Å². The molecule has 20 heavy (non-hydrogen) atoms. The van der Waals surface area contributed by atoms with E-state index in [1.54, 1.807) is 24.3 Å². The van der Waals surface area contributed by atoms with Gasteiger partial charge in [-0.3, -0.25) is 14.4 Å². The van der Waals surface area contributed by atoms with E-state index in [9.17, 15) is 14.4 Å². The molecule has 1 atom stereocenters. The molecule has 3 N–H and O–H groups in total. The fraction of sp³-hybridized carbons (Fsp3) is 0.308. The summed E-state index contributed by atoms with van der Waals surface area (Å²) in [6.45, 7) is 1.29. The fourth-order valence-corrected chi connectivity index (χ4v) is 1.41. The SMILES string of the molecule is CC(CNC(=O)CNC(=O)c1ccc(Cl)cc1)C(=O)O. The van der Waals surface area contributed by atoms with E-state index in [0.717, 1.165) is 0 Å². The van der Waals surface area contributed by atoms with Crippen LogP contribution in [0.2, 0.25) is 5.02 Å². The second kappa shape index (κ2) is 7.49. The Kier molecular flexibility index (Phi) is 5.99. The molecule has 1 unspecified atom stereocenters. The van der Waals surface area contributed by atoms with Crippen LogP contribution in [0.3, 0.4) is 0 Å². The predicted molar refractivity (Wildman–Crippen MR) is 73.6 cm³/mol. The van der Waals surface area contributed by atoms with Crippen molar-refractivity contribution in [2.24, 2.45) is 5.92 Å². The van der Waals surface area contributed by atoms with Crippen LogP contribution >= 0.6 is 11.6 Å². The molecule has 7 heteroatoms. The van der Waals surface area contributed by atoms with E-state index in [0.29, 0.717) is 10.6 Å². The Morgan fingerprint density at radius 2 is 1.80 bits per heavy atom. The molecule has 1 aromatic rings. The van der Waals surface area contributed by atoms with Crippen molar-refractivity contribution in [3.05, 3.63) is 34.9 Å². The number of hydrogen-bond acceptors (Lipinski definition) is 3. The number of amides is 2. The molecule has 0 radical (unpaired) electrons. The molecule has 0 aliphatic carbocycles. The van der Waals surface area contributed by atoms with E-state index in [1.165, 1.54) is 6.92 Å². The highest BCUT2D eigenvalue weighted by Crippen LogP contribution is 2.09. The minimum Gasteiger partial charge on any atom is -0.481 e. The summed E-state index contributed by atoms with van der Waals surface area (Å²) in [5.41, 5.74) is 0.390. The van der Waals surface area contributed by atoms with E-state index in [2.05, 4.69) is 10.6 Å². The van der Waals surface area contributed by atoms with Gasteiger partial charge in [0.05, 0.1) is 12.5 Å². The molecule has 0 spiro atoms. The number of halogens is 1. The smallest absolute Gasteiger partial charge is 0.308 e. The maximum absolute atomic E-state index is 11.7. The molecule has 0 aromatic heterocycles. The Bertz CT molecular complexity index is 502. The summed E-state index contributed by atoms with van der Waals surface area (Å²) < 4.78 is 0. The van der Waals surface area contributed by atoms with Crippen LogP contribution < -0.4 is 10.6 Å². The molecule has 0 bridgehead atoms. The van der Waals surface area contributed by atoms with Gasteiger partial charge in [-0.25, -0.2) is 0 Å². The third-order valence-electron chi connectivity index (χ3n) is 2.54. The minimum absolute atomic E-state index is 0.0188. The maximum atomic E-state index is 11.7. The summed E-state index contributed by atoms with van der Waals surface area (Å²) in [6.07, 6.45) is 0. The lowest BCUT2D eigenvalue weighted by Crippen LogP contribution is -2.39. The summed E-state index contributed by atoms with van der Waals surface area (Å²) in [6, 6.07) is 6.24. The monoisotopic (exact) mass is 298 g/mol. The molecule has 0 saturated heterocycles. The van der Waals surface area contributed by atoms with Gasteiger partial charge in [-0.1, -0.05) is 18.5 Å². The van der Waals surface area contributed by atoms with Crippen molar-refractivity contribution in [1.82, 2.24) is 10.6 Å². The number of aliphatic carboxylic acids is 1. The van der Waals surface area contributed by atoms with Crippen LogP contribution in [-0.2, 0) is 9.59 Å². The van der Waals surface area contributed by atoms with Gasteiger partial charge in [0, 0.05) is 17.1 Å². The lowest BCUT2D eigenvalue weighted by molar-refractivity contribution is -0.141. The van der Waals surface area contributed by atoms with Crippen LogP contribution in [0.1, 0.15) is 17.3 Å². The first-order valence-electron chi connectivity index (χ1n) is 5.93. The molecule has 1 aromatic carbocycles. The molecule has 0 fully saturated rings. The maximum Gasteiger partial charge on any atom is 0.308 e. The van der Waals surface area contributed by atoms with E-state index in [4.69, 9.17) is 16.7 Å². The molecule has 0 saturated carbocycles. The number of benzene rings is 1. The van der Waals surface area contributed by atoms with Gasteiger partial charge in [0.1, 0.15) is 0 Å². The summed E-state index contributed by atoms with van der Waals surface area (Å²) in [5.74, 6) is -2.51. The van der Waals surface area contributed by atoms with Crippen molar-refractivity contribution in [3.8, 4) is 0 Å². The zero-order chi connectivity index (χ0) is 15.1. The van der Waals surface area contributed by atoms with E-state index >= 15 is 0 Å². The van der Waals surface area contributed by atoms with Crippen molar-refractivity contribution < 1.29 is 19.5 Å². The number of carboxylic acid groups (broad SMARTS) is 1. The normalized spacial score (nSPS) is 11.5. The van der Waals surface area contributed by atoms with Gasteiger partial charge in [-0.05, 0) is 24.3 Å². The van der Waals surface area contributed by atoms with Crippen LogP contribution in [0.25, 0.3) is 0 Å². The van der Waals surface area contributed by atoms with Crippen LogP contribution in [-0.4, -0.2) is 36.0 Å². The zero-order valence-corrected chi connectivity index (χ0v) is 11.6. The molecular formula is C13H15ClN2O4. The molecule has 0 heterocycles. The molecule has 1 rings (SSSR count). The van der Waals surface area contributed by atoms with E-state index in [1.807, 2.05) is 0 Å². The Morgan fingerprint density at radius 3 is 2.35 bits per heavy atom. The Hall–Kier alpha value is -2.08. The van der Waals surface area contributed by atoms with Crippen LogP contribution in [0.4, 0.5) is 0 Å². The first-order valence-corrected chi connectivity index (χ1v) is 6.31. The van der Waals surface area contributed by atoms with Crippen molar-refractivity contribution in [2.45, 2.75) is 6.92 Å². The van der Waals surface area contributed by atoms with E-state index < -0.39 is 23.7 Å².